The average molecular weight is 219 g/mol. The van der Waals surface area contributed by atoms with Gasteiger partial charge in [0.2, 0.25) is 0 Å². The van der Waals surface area contributed by atoms with Gasteiger partial charge in [-0.1, -0.05) is 6.92 Å². The molecule has 1 aromatic heterocycles. The molecule has 0 bridgehead atoms. The number of rotatable bonds is 6. The summed E-state index contributed by atoms with van der Waals surface area (Å²) in [5.74, 6) is 0.921. The first-order valence-electron chi connectivity index (χ1n) is 6.21. The minimum Gasteiger partial charge on any atom is -0.387 e. The summed E-state index contributed by atoms with van der Waals surface area (Å²) in [6.45, 7) is 4.56. The van der Waals surface area contributed by atoms with Gasteiger partial charge in [0.25, 0.3) is 0 Å². The molecule has 0 saturated heterocycles. The van der Waals surface area contributed by atoms with Crippen LogP contribution < -0.4 is 10.2 Å². The van der Waals surface area contributed by atoms with Crippen LogP contribution in [0.3, 0.4) is 0 Å². The zero-order valence-electron chi connectivity index (χ0n) is 10.2. The van der Waals surface area contributed by atoms with Crippen molar-refractivity contribution in [3.8, 4) is 0 Å². The molecule has 1 aromatic rings. The number of nitrogens with one attached hydrogen (secondary N) is 1. The highest BCUT2D eigenvalue weighted by Crippen LogP contribution is 2.31. The van der Waals surface area contributed by atoms with Crippen molar-refractivity contribution in [3.63, 3.8) is 0 Å². The van der Waals surface area contributed by atoms with Crippen LogP contribution in [0.5, 0.6) is 0 Å². The lowest BCUT2D eigenvalue weighted by atomic mass is 10.2. The SMILES string of the molecule is CCCN(CC1CC1)c1cncc(NC)c1. The molecule has 0 unspecified atom stereocenters. The molecule has 1 N–H and O–H groups in total. The molecule has 1 saturated carbocycles. The smallest absolute Gasteiger partial charge is 0.0573 e. The van der Waals surface area contributed by atoms with Crippen molar-refractivity contribution in [3.05, 3.63) is 18.5 Å². The predicted octanol–water partition coefficient (Wildman–Crippen LogP) is 2.75. The van der Waals surface area contributed by atoms with Crippen molar-refractivity contribution >= 4 is 11.4 Å². The standard InChI is InChI=1S/C13H21N3/c1-3-6-16(10-11-4-5-11)13-7-12(14-2)8-15-9-13/h7-9,11,14H,3-6,10H2,1-2H3. The van der Waals surface area contributed by atoms with Gasteiger partial charge in [-0.25, -0.2) is 0 Å². The van der Waals surface area contributed by atoms with E-state index in [9.17, 15) is 0 Å². The van der Waals surface area contributed by atoms with E-state index < -0.39 is 0 Å². The summed E-state index contributed by atoms with van der Waals surface area (Å²) in [4.78, 5) is 6.75. The zero-order chi connectivity index (χ0) is 11.4. The molecule has 0 radical (unpaired) electrons. The van der Waals surface area contributed by atoms with Gasteiger partial charge >= 0.3 is 0 Å². The molecule has 0 amide bonds. The van der Waals surface area contributed by atoms with Crippen molar-refractivity contribution in [2.24, 2.45) is 5.92 Å². The Morgan fingerprint density at radius 2 is 2.25 bits per heavy atom. The van der Waals surface area contributed by atoms with Crippen LogP contribution in [-0.2, 0) is 0 Å². The van der Waals surface area contributed by atoms with Gasteiger partial charge in [0.15, 0.2) is 0 Å². The molecule has 1 heterocycles. The Hall–Kier alpha value is -1.25. The van der Waals surface area contributed by atoms with Gasteiger partial charge in [0, 0.05) is 20.1 Å². The molecule has 1 fully saturated rings. The van der Waals surface area contributed by atoms with Gasteiger partial charge in [0.05, 0.1) is 23.8 Å². The molecule has 3 heteroatoms. The van der Waals surface area contributed by atoms with E-state index in [1.54, 1.807) is 0 Å². The van der Waals surface area contributed by atoms with Crippen molar-refractivity contribution in [2.75, 3.05) is 30.4 Å². The third-order valence-corrected chi connectivity index (χ3v) is 3.05. The van der Waals surface area contributed by atoms with Crippen LogP contribution in [0.1, 0.15) is 26.2 Å². The summed E-state index contributed by atoms with van der Waals surface area (Å²) in [6.07, 6.45) is 7.83. The van der Waals surface area contributed by atoms with E-state index in [2.05, 4.69) is 28.2 Å². The Morgan fingerprint density at radius 3 is 2.88 bits per heavy atom. The van der Waals surface area contributed by atoms with Crippen molar-refractivity contribution in [1.82, 2.24) is 4.98 Å². The first kappa shape index (κ1) is 11.2. The summed E-state index contributed by atoms with van der Waals surface area (Å²) >= 11 is 0. The number of aromatic nitrogens is 1. The second kappa shape index (κ2) is 5.19. The van der Waals surface area contributed by atoms with E-state index in [0.717, 1.165) is 18.2 Å². The van der Waals surface area contributed by atoms with Crippen LogP contribution in [0.25, 0.3) is 0 Å². The minimum atomic E-state index is 0.921. The van der Waals surface area contributed by atoms with Gasteiger partial charge in [-0.15, -0.1) is 0 Å². The normalized spacial score (nSPS) is 14.9. The average Bonchev–Trinajstić information content (AvgIpc) is 3.12. The monoisotopic (exact) mass is 219 g/mol. The molecule has 2 rings (SSSR count). The third-order valence-electron chi connectivity index (χ3n) is 3.05. The fraction of sp³-hybridized carbons (Fsp3) is 0.615. The number of anilines is 2. The summed E-state index contributed by atoms with van der Waals surface area (Å²) in [5, 5.41) is 3.14. The lowest BCUT2D eigenvalue weighted by Crippen LogP contribution is -2.26. The molecule has 0 atom stereocenters. The van der Waals surface area contributed by atoms with Crippen molar-refractivity contribution in [2.45, 2.75) is 26.2 Å². The first-order valence-corrected chi connectivity index (χ1v) is 6.21. The number of nitrogens with zero attached hydrogens (tertiary/aromatic N) is 2. The van der Waals surface area contributed by atoms with Gasteiger partial charge in [-0.05, 0) is 31.2 Å². The maximum atomic E-state index is 4.28. The van der Waals surface area contributed by atoms with Crippen LogP contribution in [0.2, 0.25) is 0 Å². The fourth-order valence-corrected chi connectivity index (χ4v) is 1.95. The largest absolute Gasteiger partial charge is 0.387 e. The molecule has 3 nitrogen and oxygen atoms in total. The highest BCUT2D eigenvalue weighted by Gasteiger charge is 2.24. The van der Waals surface area contributed by atoms with Crippen LogP contribution >= 0.6 is 0 Å². The Morgan fingerprint density at radius 1 is 1.44 bits per heavy atom. The third kappa shape index (κ3) is 2.87. The molecule has 0 aliphatic heterocycles. The fourth-order valence-electron chi connectivity index (χ4n) is 1.95. The Balaban J connectivity index is 2.08. The maximum absolute atomic E-state index is 4.28. The Labute approximate surface area is 97.9 Å². The molecule has 1 aliphatic rings. The molecule has 0 aromatic carbocycles. The van der Waals surface area contributed by atoms with Gasteiger partial charge < -0.3 is 10.2 Å². The van der Waals surface area contributed by atoms with E-state index in [1.807, 2.05) is 19.4 Å². The summed E-state index contributed by atoms with van der Waals surface area (Å²) in [7, 11) is 1.94. The molecule has 88 valence electrons. The molecular weight excluding hydrogens is 198 g/mol. The van der Waals surface area contributed by atoms with E-state index in [0.29, 0.717) is 0 Å². The van der Waals surface area contributed by atoms with E-state index in [-0.39, 0.29) is 0 Å². The van der Waals surface area contributed by atoms with E-state index in [4.69, 9.17) is 0 Å². The number of pyridine rings is 1. The highest BCUT2D eigenvalue weighted by molar-refractivity contribution is 5.55. The van der Waals surface area contributed by atoms with Crippen LogP contribution in [0.4, 0.5) is 11.4 Å². The molecule has 1 aliphatic carbocycles. The lowest BCUT2D eigenvalue weighted by molar-refractivity contribution is 0.707. The minimum absolute atomic E-state index is 0.921. The van der Waals surface area contributed by atoms with Gasteiger partial charge in [-0.3, -0.25) is 4.98 Å². The molecule has 0 spiro atoms. The van der Waals surface area contributed by atoms with Crippen molar-refractivity contribution < 1.29 is 0 Å². The van der Waals surface area contributed by atoms with Gasteiger partial charge in [0.1, 0.15) is 0 Å². The maximum Gasteiger partial charge on any atom is 0.0573 e. The van der Waals surface area contributed by atoms with Gasteiger partial charge in [-0.2, -0.15) is 0 Å². The second-order valence-corrected chi connectivity index (χ2v) is 4.57. The number of hydrogen-bond acceptors (Lipinski definition) is 3. The summed E-state index contributed by atoms with van der Waals surface area (Å²) in [6, 6.07) is 2.19. The van der Waals surface area contributed by atoms with Crippen LogP contribution in [0, 0.1) is 5.92 Å². The van der Waals surface area contributed by atoms with E-state index in [1.165, 1.54) is 31.5 Å². The Bertz CT molecular complexity index is 334. The Kier molecular flexibility index (Phi) is 3.65. The molecular formula is C13H21N3. The topological polar surface area (TPSA) is 28.2 Å². The highest BCUT2D eigenvalue weighted by atomic mass is 15.1. The van der Waals surface area contributed by atoms with E-state index >= 15 is 0 Å². The van der Waals surface area contributed by atoms with Crippen LogP contribution in [0.15, 0.2) is 18.5 Å². The number of hydrogen-bond donors (Lipinski definition) is 1. The predicted molar refractivity (Wildman–Crippen MR) is 69.0 cm³/mol. The summed E-state index contributed by atoms with van der Waals surface area (Å²) < 4.78 is 0. The van der Waals surface area contributed by atoms with Crippen molar-refractivity contribution in [1.29, 1.82) is 0 Å². The first-order chi connectivity index (χ1) is 7.83. The lowest BCUT2D eigenvalue weighted by Gasteiger charge is -2.24. The van der Waals surface area contributed by atoms with Crippen LogP contribution in [-0.4, -0.2) is 25.1 Å². The second-order valence-electron chi connectivity index (χ2n) is 4.57. The molecule has 16 heavy (non-hydrogen) atoms. The zero-order valence-corrected chi connectivity index (χ0v) is 10.2. The summed E-state index contributed by atoms with van der Waals surface area (Å²) in [5.41, 5.74) is 2.34. The quantitative estimate of drug-likeness (QED) is 0.797.